The molecule has 1 atom stereocenters. The van der Waals surface area contributed by atoms with Gasteiger partial charge in [0.05, 0.1) is 19.1 Å². The standard InChI is InChI=1S/C11H16N2O3S/c1-8(9-4-3-5-17-9)12-10(14)6-13(2)7-11(15)16/h3-5,8H,6-7H2,1-2H3,(H,12,14)(H,15,16). The largest absolute Gasteiger partial charge is 0.480 e. The molecule has 0 bridgehead atoms. The number of amides is 1. The maximum atomic E-state index is 11.6. The summed E-state index contributed by atoms with van der Waals surface area (Å²) in [6, 6.07) is 3.84. The molecule has 0 aromatic carbocycles. The number of hydrogen-bond acceptors (Lipinski definition) is 4. The first kappa shape index (κ1) is 13.7. The monoisotopic (exact) mass is 256 g/mol. The van der Waals surface area contributed by atoms with Gasteiger partial charge in [-0.25, -0.2) is 0 Å². The Hall–Kier alpha value is -1.40. The molecule has 0 aliphatic heterocycles. The molecule has 5 nitrogen and oxygen atoms in total. The summed E-state index contributed by atoms with van der Waals surface area (Å²) in [6.45, 7) is 1.85. The molecule has 1 rings (SSSR count). The highest BCUT2D eigenvalue weighted by Gasteiger charge is 2.13. The molecule has 1 amide bonds. The van der Waals surface area contributed by atoms with Crippen molar-refractivity contribution in [1.29, 1.82) is 0 Å². The Kier molecular flexibility index (Phi) is 5.11. The van der Waals surface area contributed by atoms with Gasteiger partial charge in [-0.3, -0.25) is 14.5 Å². The molecule has 0 spiro atoms. The van der Waals surface area contributed by atoms with Gasteiger partial charge in [-0.15, -0.1) is 11.3 Å². The van der Waals surface area contributed by atoms with E-state index in [4.69, 9.17) is 5.11 Å². The Morgan fingerprint density at radius 2 is 2.24 bits per heavy atom. The van der Waals surface area contributed by atoms with E-state index in [0.29, 0.717) is 0 Å². The highest BCUT2D eigenvalue weighted by molar-refractivity contribution is 7.10. The molecule has 0 saturated heterocycles. The average molecular weight is 256 g/mol. The van der Waals surface area contributed by atoms with Crippen LogP contribution in [0.5, 0.6) is 0 Å². The normalized spacial score (nSPS) is 12.4. The van der Waals surface area contributed by atoms with Gasteiger partial charge in [-0.05, 0) is 25.4 Å². The van der Waals surface area contributed by atoms with Crippen molar-refractivity contribution in [3.05, 3.63) is 22.4 Å². The summed E-state index contributed by atoms with van der Waals surface area (Å²) in [6.07, 6.45) is 0. The molecule has 1 unspecified atom stereocenters. The predicted octanol–water partition coefficient (Wildman–Crippen LogP) is 0.942. The smallest absolute Gasteiger partial charge is 0.317 e. The van der Waals surface area contributed by atoms with Gasteiger partial charge in [0.2, 0.25) is 5.91 Å². The fraction of sp³-hybridized carbons (Fsp3) is 0.455. The molecular formula is C11H16N2O3S. The number of likely N-dealkylation sites (N-methyl/N-ethyl adjacent to an activating group) is 1. The molecule has 0 saturated carbocycles. The molecule has 2 N–H and O–H groups in total. The Bertz CT molecular complexity index is 378. The van der Waals surface area contributed by atoms with Crippen molar-refractivity contribution in [1.82, 2.24) is 10.2 Å². The molecule has 0 aliphatic rings. The first-order chi connectivity index (χ1) is 7.99. The number of nitrogens with one attached hydrogen (secondary N) is 1. The van der Waals surface area contributed by atoms with Crippen LogP contribution in [0.3, 0.4) is 0 Å². The minimum Gasteiger partial charge on any atom is -0.480 e. The van der Waals surface area contributed by atoms with Crippen molar-refractivity contribution < 1.29 is 14.7 Å². The zero-order chi connectivity index (χ0) is 12.8. The topological polar surface area (TPSA) is 69.6 Å². The van der Waals surface area contributed by atoms with Crippen LogP contribution in [-0.4, -0.2) is 42.0 Å². The first-order valence-electron chi connectivity index (χ1n) is 5.22. The van der Waals surface area contributed by atoms with Crippen LogP contribution in [0.2, 0.25) is 0 Å². The zero-order valence-corrected chi connectivity index (χ0v) is 10.7. The van der Waals surface area contributed by atoms with Crippen molar-refractivity contribution in [2.45, 2.75) is 13.0 Å². The highest BCUT2D eigenvalue weighted by Crippen LogP contribution is 2.17. The highest BCUT2D eigenvalue weighted by atomic mass is 32.1. The molecular weight excluding hydrogens is 240 g/mol. The maximum absolute atomic E-state index is 11.6. The molecule has 1 aromatic heterocycles. The Balaban J connectivity index is 2.37. The SMILES string of the molecule is CC(NC(=O)CN(C)CC(=O)O)c1cccs1. The minimum atomic E-state index is -0.938. The van der Waals surface area contributed by atoms with Gasteiger partial charge in [0.1, 0.15) is 0 Å². The molecule has 1 heterocycles. The van der Waals surface area contributed by atoms with Gasteiger partial charge in [-0.1, -0.05) is 6.07 Å². The van der Waals surface area contributed by atoms with E-state index in [9.17, 15) is 9.59 Å². The summed E-state index contributed by atoms with van der Waals surface area (Å²) in [5.41, 5.74) is 0. The van der Waals surface area contributed by atoms with Crippen LogP contribution >= 0.6 is 11.3 Å². The lowest BCUT2D eigenvalue weighted by atomic mass is 10.3. The van der Waals surface area contributed by atoms with Gasteiger partial charge in [0, 0.05) is 4.88 Å². The third-order valence-corrected chi connectivity index (χ3v) is 3.22. The van der Waals surface area contributed by atoms with Crippen molar-refractivity contribution in [3.8, 4) is 0 Å². The van der Waals surface area contributed by atoms with Crippen LogP contribution < -0.4 is 5.32 Å². The first-order valence-corrected chi connectivity index (χ1v) is 6.10. The molecule has 0 fully saturated rings. The van der Waals surface area contributed by atoms with Crippen molar-refractivity contribution in [3.63, 3.8) is 0 Å². The number of carbonyl (C=O) groups excluding carboxylic acids is 1. The van der Waals surface area contributed by atoms with E-state index >= 15 is 0 Å². The molecule has 17 heavy (non-hydrogen) atoms. The van der Waals surface area contributed by atoms with Crippen LogP contribution in [0.1, 0.15) is 17.8 Å². The molecule has 0 radical (unpaired) electrons. The van der Waals surface area contributed by atoms with Gasteiger partial charge < -0.3 is 10.4 Å². The summed E-state index contributed by atoms with van der Waals surface area (Å²) < 4.78 is 0. The van der Waals surface area contributed by atoms with Crippen LogP contribution in [0.25, 0.3) is 0 Å². The van der Waals surface area contributed by atoms with Gasteiger partial charge >= 0.3 is 5.97 Å². The third kappa shape index (κ3) is 4.97. The number of nitrogens with zero attached hydrogens (tertiary/aromatic N) is 1. The Labute approximate surface area is 104 Å². The zero-order valence-electron chi connectivity index (χ0n) is 9.84. The van der Waals surface area contributed by atoms with E-state index in [1.165, 1.54) is 4.90 Å². The lowest BCUT2D eigenvalue weighted by Crippen LogP contribution is -2.38. The van der Waals surface area contributed by atoms with E-state index in [1.807, 2.05) is 24.4 Å². The maximum Gasteiger partial charge on any atom is 0.317 e. The fourth-order valence-corrected chi connectivity index (χ4v) is 2.16. The number of carboxylic acids is 1. The van der Waals surface area contributed by atoms with E-state index < -0.39 is 5.97 Å². The van der Waals surface area contributed by atoms with E-state index in [0.717, 1.165) is 4.88 Å². The summed E-state index contributed by atoms with van der Waals surface area (Å²) in [7, 11) is 1.60. The van der Waals surface area contributed by atoms with Crippen molar-refractivity contribution in [2.75, 3.05) is 20.1 Å². The second-order valence-electron chi connectivity index (χ2n) is 3.87. The van der Waals surface area contributed by atoms with E-state index in [-0.39, 0.29) is 25.0 Å². The predicted molar refractivity (Wildman–Crippen MR) is 66.0 cm³/mol. The van der Waals surface area contributed by atoms with Gasteiger partial charge in [0.15, 0.2) is 0 Å². The Morgan fingerprint density at radius 3 is 2.76 bits per heavy atom. The van der Waals surface area contributed by atoms with E-state index in [1.54, 1.807) is 18.4 Å². The number of carboxylic acid groups (broad SMARTS) is 1. The van der Waals surface area contributed by atoms with Crippen LogP contribution in [0, 0.1) is 0 Å². The van der Waals surface area contributed by atoms with E-state index in [2.05, 4.69) is 5.32 Å². The summed E-state index contributed by atoms with van der Waals surface area (Å²) in [5, 5.41) is 13.3. The summed E-state index contributed by atoms with van der Waals surface area (Å²) >= 11 is 1.58. The second kappa shape index (κ2) is 6.36. The second-order valence-corrected chi connectivity index (χ2v) is 4.85. The number of rotatable bonds is 6. The number of hydrogen-bond donors (Lipinski definition) is 2. The van der Waals surface area contributed by atoms with Gasteiger partial charge in [-0.2, -0.15) is 0 Å². The quantitative estimate of drug-likeness (QED) is 0.795. The number of thiophene rings is 1. The van der Waals surface area contributed by atoms with Crippen molar-refractivity contribution in [2.24, 2.45) is 0 Å². The molecule has 0 aliphatic carbocycles. The molecule has 1 aromatic rings. The average Bonchev–Trinajstić information content (AvgIpc) is 2.67. The van der Waals surface area contributed by atoms with Crippen LogP contribution in [0.15, 0.2) is 17.5 Å². The fourth-order valence-electron chi connectivity index (χ4n) is 1.43. The van der Waals surface area contributed by atoms with Crippen LogP contribution in [0.4, 0.5) is 0 Å². The summed E-state index contributed by atoms with van der Waals surface area (Å²) in [5.74, 6) is -1.11. The molecule has 6 heteroatoms. The lowest BCUT2D eigenvalue weighted by Gasteiger charge is -2.16. The van der Waals surface area contributed by atoms with Crippen LogP contribution in [-0.2, 0) is 9.59 Å². The van der Waals surface area contributed by atoms with Gasteiger partial charge in [0.25, 0.3) is 0 Å². The summed E-state index contributed by atoms with van der Waals surface area (Å²) in [4.78, 5) is 24.6. The minimum absolute atomic E-state index is 0.0410. The Morgan fingerprint density at radius 1 is 1.53 bits per heavy atom. The lowest BCUT2D eigenvalue weighted by molar-refractivity contribution is -0.138. The third-order valence-electron chi connectivity index (χ3n) is 2.17. The number of carbonyl (C=O) groups is 2. The van der Waals surface area contributed by atoms with Crippen molar-refractivity contribution >= 4 is 23.2 Å². The molecule has 94 valence electrons. The number of aliphatic carboxylic acids is 1.